The van der Waals surface area contributed by atoms with Gasteiger partial charge in [-0.05, 0) is 56.2 Å². The summed E-state index contributed by atoms with van der Waals surface area (Å²) >= 11 is 0. The molecule has 1 fully saturated rings. The maximum Gasteiger partial charge on any atom is 0.250 e. The molecule has 9 nitrogen and oxygen atoms in total. The Kier molecular flexibility index (Phi) is 4.62. The average molecular weight is 428 g/mol. The van der Waals surface area contributed by atoms with E-state index < -0.39 is 46.4 Å². The van der Waals surface area contributed by atoms with Crippen molar-refractivity contribution in [2.24, 2.45) is 28.6 Å². The number of fused-ring (bicyclic) bond motifs is 3. The highest BCUT2D eigenvalue weighted by Crippen LogP contribution is 2.53. The van der Waals surface area contributed by atoms with Crippen molar-refractivity contribution in [1.29, 1.82) is 0 Å². The second kappa shape index (κ2) is 6.84. The first-order chi connectivity index (χ1) is 14.5. The standard InChI is InChI=1S/C22H24N2O7/c1-8(24-31)11-3-4-13(25)16-12(11)6-9-5-10-7-14(26)18(21(23)29)22(2,30)17(10)20(28)15(9)19(16)27/h3-4,9-10,17,25-27,30-31H,5-7H2,1-2H3,(H2,23,29)/b24-8-. The van der Waals surface area contributed by atoms with Crippen LogP contribution in [-0.2, 0) is 16.0 Å². The van der Waals surface area contributed by atoms with Crippen molar-refractivity contribution in [3.05, 3.63) is 45.7 Å². The normalized spacial score (nSPS) is 30.6. The van der Waals surface area contributed by atoms with Crippen LogP contribution in [0, 0.1) is 17.8 Å². The molecule has 3 aliphatic carbocycles. The first-order valence-electron chi connectivity index (χ1n) is 9.97. The zero-order valence-corrected chi connectivity index (χ0v) is 17.1. The predicted molar refractivity (Wildman–Crippen MR) is 110 cm³/mol. The maximum atomic E-state index is 13.5. The quantitative estimate of drug-likeness (QED) is 0.236. The van der Waals surface area contributed by atoms with Gasteiger partial charge in [0.1, 0.15) is 22.9 Å². The highest BCUT2D eigenvalue weighted by atomic mass is 16.4. The van der Waals surface area contributed by atoms with Crippen molar-refractivity contribution >= 4 is 23.2 Å². The van der Waals surface area contributed by atoms with Crippen LogP contribution in [0.25, 0.3) is 5.76 Å². The Balaban J connectivity index is 1.90. The number of nitrogens with two attached hydrogens (primary N) is 1. The third kappa shape index (κ3) is 2.83. The Hall–Kier alpha value is -3.33. The summed E-state index contributed by atoms with van der Waals surface area (Å²) in [5.41, 5.74) is 4.49. The van der Waals surface area contributed by atoms with E-state index in [-0.39, 0.29) is 35.5 Å². The van der Waals surface area contributed by atoms with Crippen LogP contribution in [0.4, 0.5) is 0 Å². The molecule has 164 valence electrons. The van der Waals surface area contributed by atoms with E-state index in [1.165, 1.54) is 13.0 Å². The highest BCUT2D eigenvalue weighted by Gasteiger charge is 2.56. The summed E-state index contributed by atoms with van der Waals surface area (Å²) in [6.45, 7) is 2.85. The first kappa shape index (κ1) is 20.9. The summed E-state index contributed by atoms with van der Waals surface area (Å²) in [4.78, 5) is 25.4. The second-order valence-corrected chi connectivity index (χ2v) is 8.71. The lowest BCUT2D eigenvalue weighted by Crippen LogP contribution is -2.55. The number of primary amides is 1. The molecule has 9 heteroatoms. The van der Waals surface area contributed by atoms with Crippen LogP contribution in [0.2, 0.25) is 0 Å². The van der Waals surface area contributed by atoms with Gasteiger partial charge in [0.05, 0.1) is 22.8 Å². The fraction of sp³-hybridized carbons (Fsp3) is 0.409. The Morgan fingerprint density at radius 1 is 1.23 bits per heavy atom. The summed E-state index contributed by atoms with van der Waals surface area (Å²) in [6.07, 6.45) is 0.647. The number of benzene rings is 1. The van der Waals surface area contributed by atoms with Crippen molar-refractivity contribution in [1.82, 2.24) is 0 Å². The van der Waals surface area contributed by atoms with Crippen molar-refractivity contribution in [2.75, 3.05) is 0 Å². The van der Waals surface area contributed by atoms with Crippen molar-refractivity contribution in [3.8, 4) is 5.75 Å². The molecule has 0 aromatic heterocycles. The molecule has 0 spiro atoms. The molecule has 1 aromatic carbocycles. The van der Waals surface area contributed by atoms with Gasteiger partial charge in [-0.2, -0.15) is 0 Å². The summed E-state index contributed by atoms with van der Waals surface area (Å²) in [5, 5.41) is 55.3. The molecule has 4 unspecified atom stereocenters. The summed E-state index contributed by atoms with van der Waals surface area (Å²) < 4.78 is 0. The molecule has 0 radical (unpaired) electrons. The smallest absolute Gasteiger partial charge is 0.250 e. The number of Topliss-reactive ketones (excluding diaryl/α,β-unsaturated/α-hetero) is 1. The number of aliphatic hydroxyl groups is 3. The molecular weight excluding hydrogens is 404 g/mol. The molecular formula is C22H24N2O7. The number of phenolic OH excluding ortho intramolecular Hbond substituents is 1. The van der Waals surface area contributed by atoms with Crippen LogP contribution in [0.5, 0.6) is 5.75 Å². The van der Waals surface area contributed by atoms with Crippen LogP contribution in [0.3, 0.4) is 0 Å². The number of phenols is 1. The van der Waals surface area contributed by atoms with E-state index in [1.54, 1.807) is 13.0 Å². The zero-order chi connectivity index (χ0) is 22.8. The van der Waals surface area contributed by atoms with Gasteiger partial charge in [0, 0.05) is 17.6 Å². The lowest BCUT2D eigenvalue weighted by atomic mass is 9.57. The monoisotopic (exact) mass is 428 g/mol. The molecule has 3 aliphatic rings. The number of amides is 1. The number of carbonyl (C=O) groups excluding carboxylic acids is 2. The van der Waals surface area contributed by atoms with Gasteiger partial charge in [0.2, 0.25) is 0 Å². The highest BCUT2D eigenvalue weighted by molar-refractivity contribution is 6.09. The largest absolute Gasteiger partial charge is 0.512 e. The van der Waals surface area contributed by atoms with Crippen molar-refractivity contribution in [2.45, 2.75) is 38.7 Å². The minimum Gasteiger partial charge on any atom is -0.512 e. The Morgan fingerprint density at radius 2 is 1.90 bits per heavy atom. The van der Waals surface area contributed by atoms with E-state index in [1.807, 2.05) is 0 Å². The first-order valence-corrected chi connectivity index (χ1v) is 9.97. The van der Waals surface area contributed by atoms with Crippen LogP contribution >= 0.6 is 0 Å². The van der Waals surface area contributed by atoms with Gasteiger partial charge in [-0.1, -0.05) is 5.16 Å². The number of allylic oxidation sites excluding steroid dienone is 2. The van der Waals surface area contributed by atoms with Gasteiger partial charge in [0.25, 0.3) is 5.91 Å². The summed E-state index contributed by atoms with van der Waals surface area (Å²) in [5.74, 6) is -4.49. The number of carbonyl (C=O) groups is 2. The molecule has 1 aromatic rings. The molecule has 0 heterocycles. The number of ketones is 1. The molecule has 0 aliphatic heterocycles. The Bertz CT molecular complexity index is 1110. The number of oxime groups is 1. The number of rotatable bonds is 2. The van der Waals surface area contributed by atoms with Gasteiger partial charge in [0.15, 0.2) is 5.78 Å². The third-order valence-corrected chi connectivity index (χ3v) is 6.89. The molecule has 31 heavy (non-hydrogen) atoms. The predicted octanol–water partition coefficient (Wildman–Crippen LogP) is 1.69. The number of hydrogen-bond acceptors (Lipinski definition) is 8. The van der Waals surface area contributed by atoms with Crippen LogP contribution in [0.1, 0.15) is 43.4 Å². The van der Waals surface area contributed by atoms with Crippen LogP contribution in [0.15, 0.2) is 34.2 Å². The fourth-order valence-corrected chi connectivity index (χ4v) is 5.69. The van der Waals surface area contributed by atoms with E-state index in [2.05, 4.69) is 5.16 Å². The van der Waals surface area contributed by atoms with E-state index in [4.69, 9.17) is 5.73 Å². The molecule has 7 N–H and O–H groups in total. The fourth-order valence-electron chi connectivity index (χ4n) is 5.69. The molecule has 1 amide bonds. The van der Waals surface area contributed by atoms with Gasteiger partial charge < -0.3 is 31.4 Å². The van der Waals surface area contributed by atoms with Crippen molar-refractivity contribution < 1.29 is 35.2 Å². The summed E-state index contributed by atoms with van der Waals surface area (Å²) in [7, 11) is 0. The molecule has 0 bridgehead atoms. The number of aromatic hydroxyl groups is 1. The maximum absolute atomic E-state index is 13.5. The minimum atomic E-state index is -2.00. The van der Waals surface area contributed by atoms with E-state index in [9.17, 15) is 35.2 Å². The third-order valence-electron chi connectivity index (χ3n) is 6.89. The van der Waals surface area contributed by atoms with Gasteiger partial charge in [-0.15, -0.1) is 0 Å². The van der Waals surface area contributed by atoms with E-state index in [0.29, 0.717) is 23.3 Å². The van der Waals surface area contributed by atoms with E-state index in [0.717, 1.165) is 0 Å². The van der Waals surface area contributed by atoms with Crippen LogP contribution in [-0.4, -0.2) is 48.6 Å². The molecule has 0 saturated heterocycles. The number of nitrogens with zero attached hydrogens (tertiary/aromatic N) is 1. The lowest BCUT2D eigenvalue weighted by Gasteiger charge is -2.48. The zero-order valence-electron chi connectivity index (χ0n) is 17.1. The van der Waals surface area contributed by atoms with Gasteiger partial charge >= 0.3 is 0 Å². The van der Waals surface area contributed by atoms with Crippen molar-refractivity contribution in [3.63, 3.8) is 0 Å². The van der Waals surface area contributed by atoms with Gasteiger partial charge in [-0.3, -0.25) is 9.59 Å². The second-order valence-electron chi connectivity index (χ2n) is 8.71. The van der Waals surface area contributed by atoms with E-state index >= 15 is 0 Å². The SMILES string of the molecule is C/C(=N/O)c1ccc(O)c2c1CC1CC3CC(O)=C(C(N)=O)C(C)(O)C3C(=O)C1=C2O. The van der Waals surface area contributed by atoms with Crippen LogP contribution < -0.4 is 5.73 Å². The topological polar surface area (TPSA) is 174 Å². The number of aliphatic hydroxyl groups excluding tert-OH is 2. The Labute approximate surface area is 177 Å². The molecule has 4 atom stereocenters. The molecule has 4 rings (SSSR count). The van der Waals surface area contributed by atoms with Gasteiger partial charge in [-0.25, -0.2) is 0 Å². The summed E-state index contributed by atoms with van der Waals surface area (Å²) in [6, 6.07) is 2.92. The average Bonchev–Trinajstić information content (AvgIpc) is 2.65. The Morgan fingerprint density at radius 3 is 2.52 bits per heavy atom. The number of hydrogen-bond donors (Lipinski definition) is 6. The molecule has 1 saturated carbocycles. The minimum absolute atomic E-state index is 0.00620. The lowest BCUT2D eigenvalue weighted by molar-refractivity contribution is -0.136.